The van der Waals surface area contributed by atoms with Crippen molar-refractivity contribution in [1.29, 1.82) is 0 Å². The van der Waals surface area contributed by atoms with Gasteiger partial charge < -0.3 is 9.69 Å². The van der Waals surface area contributed by atoms with E-state index in [0.29, 0.717) is 0 Å². The Labute approximate surface area is 78.6 Å². The molecule has 0 amide bonds. The summed E-state index contributed by atoms with van der Waals surface area (Å²) in [5.74, 6) is -1.05. The zero-order valence-corrected chi connectivity index (χ0v) is 7.26. The minimum atomic E-state index is -4.95. The van der Waals surface area contributed by atoms with Gasteiger partial charge >= 0.3 is 16.4 Å². The van der Waals surface area contributed by atoms with Gasteiger partial charge in [0.15, 0.2) is 0 Å². The maximum absolute atomic E-state index is 12.1. The molecule has 1 aromatic heterocycles. The summed E-state index contributed by atoms with van der Waals surface area (Å²) >= 11 is 0. The number of nitrogens with zero attached hydrogens (tertiary/aromatic N) is 3. The van der Waals surface area contributed by atoms with Crippen molar-refractivity contribution >= 4 is 28.0 Å². The average Bonchev–Trinajstić information content (AvgIpc) is 2.43. The second kappa shape index (κ2) is 3.32. The van der Waals surface area contributed by atoms with Crippen LogP contribution in [0, 0.1) is 13.1 Å². The van der Waals surface area contributed by atoms with Crippen molar-refractivity contribution in [2.75, 3.05) is 4.72 Å². The van der Waals surface area contributed by atoms with Crippen molar-refractivity contribution < 1.29 is 12.3 Å². The van der Waals surface area contributed by atoms with Crippen molar-refractivity contribution in [3.8, 4) is 0 Å². The van der Waals surface area contributed by atoms with Gasteiger partial charge in [-0.2, -0.15) is 13.1 Å². The lowest BCUT2D eigenvalue weighted by Gasteiger charge is -1.86. The number of imidazole rings is 1. The highest BCUT2D eigenvalue weighted by atomic mass is 32.3. The number of nitrogens with one attached hydrogen (secondary N) is 2. The van der Waals surface area contributed by atoms with Gasteiger partial charge in [-0.3, -0.25) is 4.98 Å². The van der Waals surface area contributed by atoms with Gasteiger partial charge in [0.2, 0.25) is 0 Å². The zero-order chi connectivity index (χ0) is 10.8. The molecule has 7 nitrogen and oxygen atoms in total. The summed E-state index contributed by atoms with van der Waals surface area (Å²) < 4.78 is 33.6. The van der Waals surface area contributed by atoms with Crippen molar-refractivity contribution in [2.24, 2.45) is 0 Å². The van der Waals surface area contributed by atoms with Crippen LogP contribution in [0.15, 0.2) is 0 Å². The lowest BCUT2D eigenvalue weighted by atomic mass is 10.7. The van der Waals surface area contributed by atoms with E-state index in [0.717, 1.165) is 0 Å². The zero-order valence-electron chi connectivity index (χ0n) is 6.44. The van der Waals surface area contributed by atoms with Crippen LogP contribution in [-0.2, 0) is 10.4 Å². The summed E-state index contributed by atoms with van der Waals surface area (Å²) in [7, 11) is -4.95. The van der Waals surface area contributed by atoms with Crippen LogP contribution < -0.4 is 4.72 Å². The van der Waals surface area contributed by atoms with E-state index >= 15 is 0 Å². The Hall–Kier alpha value is -2.13. The fourth-order valence-corrected chi connectivity index (χ4v) is 1.00. The first-order valence-corrected chi connectivity index (χ1v) is 4.42. The Balaban J connectivity index is 3.11. The van der Waals surface area contributed by atoms with Gasteiger partial charge in [0.25, 0.3) is 11.6 Å². The van der Waals surface area contributed by atoms with Crippen molar-refractivity contribution in [3.63, 3.8) is 0 Å². The lowest BCUT2D eigenvalue weighted by molar-refractivity contribution is 0.558. The van der Waals surface area contributed by atoms with E-state index < -0.39 is 16.4 Å². The highest BCUT2D eigenvalue weighted by Gasteiger charge is 2.18. The third-order valence-corrected chi connectivity index (χ3v) is 1.54. The molecule has 0 aromatic carbocycles. The number of halogens is 1. The molecule has 0 saturated heterocycles. The Bertz CT molecular complexity index is 502. The first kappa shape index (κ1) is 9.95. The van der Waals surface area contributed by atoms with Crippen LogP contribution in [0.3, 0.4) is 0 Å². The SMILES string of the molecule is [C-]#[N+]c1nc(NS(=O)(=O)F)[nH]c1[N+]#[C-]. The molecule has 0 unspecified atom stereocenters. The normalized spacial score (nSPS) is 10.2. The number of aromatic nitrogens is 2. The summed E-state index contributed by atoms with van der Waals surface area (Å²) in [4.78, 5) is 11.1. The van der Waals surface area contributed by atoms with E-state index in [1.807, 2.05) is 0 Å². The molecule has 1 heterocycles. The molecule has 0 aliphatic rings. The van der Waals surface area contributed by atoms with Gasteiger partial charge in [-0.15, -0.1) is 0 Å². The lowest BCUT2D eigenvalue weighted by Crippen LogP contribution is -2.06. The number of rotatable bonds is 2. The third-order valence-electron chi connectivity index (χ3n) is 1.10. The van der Waals surface area contributed by atoms with Gasteiger partial charge in [-0.05, 0) is 0 Å². The molecule has 0 aliphatic carbocycles. The van der Waals surface area contributed by atoms with Gasteiger partial charge in [-0.25, -0.2) is 0 Å². The van der Waals surface area contributed by atoms with E-state index in [2.05, 4.69) is 19.7 Å². The maximum atomic E-state index is 12.1. The molecule has 0 spiro atoms. The number of aromatic amines is 1. The predicted octanol–water partition coefficient (Wildman–Crippen LogP) is 1.14. The van der Waals surface area contributed by atoms with E-state index in [1.165, 1.54) is 4.72 Å². The van der Waals surface area contributed by atoms with Gasteiger partial charge in [0, 0.05) is 0 Å². The van der Waals surface area contributed by atoms with Crippen LogP contribution in [0.2, 0.25) is 0 Å². The molecule has 0 saturated carbocycles. The highest BCUT2D eigenvalue weighted by molar-refractivity contribution is 7.87. The number of H-pyrrole nitrogens is 1. The summed E-state index contributed by atoms with van der Waals surface area (Å²) in [6.45, 7) is 13.1. The van der Waals surface area contributed by atoms with E-state index in [9.17, 15) is 12.3 Å². The first-order chi connectivity index (χ1) is 6.46. The van der Waals surface area contributed by atoms with Crippen LogP contribution in [0.1, 0.15) is 0 Å². The van der Waals surface area contributed by atoms with Crippen LogP contribution in [-0.4, -0.2) is 18.4 Å². The van der Waals surface area contributed by atoms with Gasteiger partial charge in [-0.1, -0.05) is 22.0 Å². The molecule has 0 bridgehead atoms. The Kier molecular flexibility index (Phi) is 2.36. The minimum absolute atomic E-state index is 0.244. The van der Waals surface area contributed by atoms with Crippen molar-refractivity contribution in [3.05, 3.63) is 22.8 Å². The quantitative estimate of drug-likeness (QED) is 0.573. The van der Waals surface area contributed by atoms with E-state index in [1.54, 1.807) is 0 Å². The fourth-order valence-electron chi connectivity index (χ4n) is 0.675. The fraction of sp³-hybridized carbons (Fsp3) is 0. The molecule has 72 valence electrons. The molecule has 2 N–H and O–H groups in total. The van der Waals surface area contributed by atoms with Gasteiger partial charge in [0.05, 0.1) is 0 Å². The second-order valence-corrected chi connectivity index (χ2v) is 3.10. The van der Waals surface area contributed by atoms with Crippen molar-refractivity contribution in [2.45, 2.75) is 0 Å². The Morgan fingerprint density at radius 1 is 1.43 bits per heavy atom. The Morgan fingerprint density at radius 3 is 2.43 bits per heavy atom. The topological polar surface area (TPSA) is 83.6 Å². The van der Waals surface area contributed by atoms with Gasteiger partial charge in [0.1, 0.15) is 0 Å². The largest absolute Gasteiger partial charge is 0.402 e. The molecule has 0 radical (unpaired) electrons. The second-order valence-electron chi connectivity index (χ2n) is 2.02. The number of hydrogen-bond donors (Lipinski definition) is 2. The van der Waals surface area contributed by atoms with E-state index in [-0.39, 0.29) is 11.6 Å². The molecule has 14 heavy (non-hydrogen) atoms. The monoisotopic (exact) mass is 215 g/mol. The molecule has 9 heteroatoms. The maximum Gasteiger partial charge on any atom is 0.402 e. The first-order valence-electron chi connectivity index (χ1n) is 3.03. The minimum Gasteiger partial charge on any atom is -0.373 e. The van der Waals surface area contributed by atoms with Crippen molar-refractivity contribution in [1.82, 2.24) is 9.97 Å². The van der Waals surface area contributed by atoms with E-state index in [4.69, 9.17) is 13.1 Å². The number of hydrogen-bond acceptors (Lipinski definition) is 3. The Morgan fingerprint density at radius 2 is 2.07 bits per heavy atom. The molecular formula is C5H2FN5O2S. The average molecular weight is 215 g/mol. The molecule has 1 aromatic rings. The molecule has 0 aliphatic heterocycles. The smallest absolute Gasteiger partial charge is 0.373 e. The summed E-state index contributed by atoms with van der Waals surface area (Å²) in [6, 6.07) is 0. The molecule has 0 atom stereocenters. The summed E-state index contributed by atoms with van der Waals surface area (Å²) in [5.41, 5.74) is 0. The predicted molar refractivity (Wildman–Crippen MR) is 44.8 cm³/mol. The summed E-state index contributed by atoms with van der Waals surface area (Å²) in [5, 5.41) is 0. The standard InChI is InChI=1S/C5H2FN5O2S/c1-7-3-4(8-2)10-5(9-3)11-14(6,12)13/h(H2,9,10,11). The molecule has 1 rings (SSSR count). The molecule has 0 fully saturated rings. The van der Waals surface area contributed by atoms with Crippen LogP contribution in [0.4, 0.5) is 21.5 Å². The number of anilines is 1. The van der Waals surface area contributed by atoms with Crippen LogP contribution in [0.25, 0.3) is 9.69 Å². The summed E-state index contributed by atoms with van der Waals surface area (Å²) in [6.07, 6.45) is 0. The highest BCUT2D eigenvalue weighted by Crippen LogP contribution is 2.26. The third kappa shape index (κ3) is 2.18. The van der Waals surface area contributed by atoms with Crippen LogP contribution >= 0.6 is 0 Å². The van der Waals surface area contributed by atoms with Crippen LogP contribution in [0.5, 0.6) is 0 Å². The molecular weight excluding hydrogens is 213 g/mol.